The predicted molar refractivity (Wildman–Crippen MR) is 91.1 cm³/mol. The highest BCUT2D eigenvalue weighted by molar-refractivity contribution is 5.48. The lowest BCUT2D eigenvalue weighted by atomic mass is 9.76. The van der Waals surface area contributed by atoms with Crippen molar-refractivity contribution in [2.45, 2.75) is 38.4 Å². The summed E-state index contributed by atoms with van der Waals surface area (Å²) in [6, 6.07) is 13.3. The molecule has 0 saturated heterocycles. The first-order valence-corrected chi connectivity index (χ1v) is 7.73. The minimum Gasteiger partial charge on any atom is -0.462 e. The fourth-order valence-electron chi connectivity index (χ4n) is 3.16. The molecular formula is C19H23NO3. The highest BCUT2D eigenvalue weighted by Crippen LogP contribution is 2.46. The van der Waals surface area contributed by atoms with Gasteiger partial charge in [0.15, 0.2) is 0 Å². The highest BCUT2D eigenvalue weighted by atomic mass is 16.7. The summed E-state index contributed by atoms with van der Waals surface area (Å²) in [5.74, 6) is 1.64. The molecule has 4 nitrogen and oxygen atoms in total. The second-order valence-corrected chi connectivity index (χ2v) is 6.83. The van der Waals surface area contributed by atoms with Crippen molar-refractivity contribution >= 4 is 5.69 Å². The van der Waals surface area contributed by atoms with Crippen molar-refractivity contribution in [3.63, 3.8) is 0 Å². The number of hydrogen-bond acceptors (Lipinski definition) is 4. The summed E-state index contributed by atoms with van der Waals surface area (Å²) in [5.41, 5.74) is 7.54. The van der Waals surface area contributed by atoms with Gasteiger partial charge in [0.25, 0.3) is 0 Å². The molecule has 1 heterocycles. The maximum absolute atomic E-state index is 6.08. The Kier molecular flexibility index (Phi) is 3.72. The molecule has 1 aliphatic heterocycles. The molecule has 2 N–H and O–H groups in total. The molecule has 2 aromatic carbocycles. The van der Waals surface area contributed by atoms with Crippen molar-refractivity contribution in [3.05, 3.63) is 48.0 Å². The lowest BCUT2D eigenvalue weighted by molar-refractivity contribution is -0.172. The topological polar surface area (TPSA) is 53.7 Å². The van der Waals surface area contributed by atoms with E-state index in [1.165, 1.54) is 0 Å². The zero-order valence-corrected chi connectivity index (χ0v) is 14.1. The molecule has 0 fully saturated rings. The summed E-state index contributed by atoms with van der Waals surface area (Å²) in [5, 5.41) is 0. The molecule has 0 spiro atoms. The van der Waals surface area contributed by atoms with Gasteiger partial charge in [0.1, 0.15) is 17.2 Å². The van der Waals surface area contributed by atoms with E-state index in [1.807, 2.05) is 43.3 Å². The number of ether oxygens (including phenoxy) is 3. The van der Waals surface area contributed by atoms with Gasteiger partial charge in [0, 0.05) is 37.8 Å². The first-order chi connectivity index (χ1) is 10.8. The van der Waals surface area contributed by atoms with Crippen LogP contribution < -0.4 is 15.2 Å². The number of hydrogen-bond donors (Lipinski definition) is 1. The second kappa shape index (κ2) is 5.46. The maximum atomic E-state index is 6.08. The summed E-state index contributed by atoms with van der Waals surface area (Å²) >= 11 is 0. The van der Waals surface area contributed by atoms with Crippen LogP contribution in [0.2, 0.25) is 0 Å². The van der Waals surface area contributed by atoms with E-state index in [9.17, 15) is 0 Å². The van der Waals surface area contributed by atoms with Crippen LogP contribution >= 0.6 is 0 Å². The summed E-state index contributed by atoms with van der Waals surface area (Å²) < 4.78 is 17.5. The number of anilines is 1. The summed E-state index contributed by atoms with van der Waals surface area (Å²) in [6.07, 6.45) is 0.793. The molecule has 0 radical (unpaired) electrons. The van der Waals surface area contributed by atoms with Crippen LogP contribution in [0.25, 0.3) is 0 Å². The third-order valence-electron chi connectivity index (χ3n) is 4.32. The molecule has 1 aliphatic rings. The zero-order chi connectivity index (χ0) is 16.7. The van der Waals surface area contributed by atoms with Gasteiger partial charge in [0.05, 0.1) is 0 Å². The van der Waals surface area contributed by atoms with Gasteiger partial charge in [-0.3, -0.25) is 0 Å². The van der Waals surface area contributed by atoms with Crippen LogP contribution in [0, 0.1) is 0 Å². The number of benzene rings is 2. The van der Waals surface area contributed by atoms with Crippen LogP contribution in [-0.4, -0.2) is 12.9 Å². The molecule has 0 amide bonds. The molecule has 1 unspecified atom stereocenters. The van der Waals surface area contributed by atoms with Crippen molar-refractivity contribution in [2.24, 2.45) is 0 Å². The van der Waals surface area contributed by atoms with E-state index in [2.05, 4.69) is 19.9 Å². The lowest BCUT2D eigenvalue weighted by Gasteiger charge is -2.43. The maximum Gasteiger partial charge on any atom is 0.208 e. The van der Waals surface area contributed by atoms with Gasteiger partial charge in [0.2, 0.25) is 5.79 Å². The quantitative estimate of drug-likeness (QED) is 0.849. The Bertz CT molecular complexity index is 709. The minimum atomic E-state index is -0.629. The average molecular weight is 313 g/mol. The minimum absolute atomic E-state index is 0.0297. The zero-order valence-electron chi connectivity index (χ0n) is 14.1. The molecule has 0 bridgehead atoms. The number of methoxy groups -OCH3 is 1. The smallest absolute Gasteiger partial charge is 0.208 e. The van der Waals surface area contributed by atoms with Crippen LogP contribution in [0.1, 0.15) is 32.8 Å². The molecule has 0 aromatic heterocycles. The first-order valence-electron chi connectivity index (χ1n) is 7.73. The molecule has 1 atom stereocenters. The fraction of sp³-hybridized carbons (Fsp3) is 0.368. The SMILES string of the molecule is COC1(C)CC(C)(C)c2ccc(Oc3ccc(N)cc3)cc2O1. The van der Waals surface area contributed by atoms with E-state index in [0.717, 1.165) is 29.2 Å². The Labute approximate surface area is 137 Å². The molecule has 3 rings (SSSR count). The predicted octanol–water partition coefficient (Wildman–Crippen LogP) is 4.48. The monoisotopic (exact) mass is 313 g/mol. The third-order valence-corrected chi connectivity index (χ3v) is 4.32. The molecule has 4 heteroatoms. The number of nitrogens with two attached hydrogens (primary N) is 1. The second-order valence-electron chi connectivity index (χ2n) is 6.83. The molecule has 2 aromatic rings. The number of rotatable bonds is 3. The Balaban J connectivity index is 1.92. The molecule has 23 heavy (non-hydrogen) atoms. The fourth-order valence-corrected chi connectivity index (χ4v) is 3.16. The van der Waals surface area contributed by atoms with E-state index in [-0.39, 0.29) is 5.41 Å². The van der Waals surface area contributed by atoms with Crippen molar-refractivity contribution in [1.29, 1.82) is 0 Å². The van der Waals surface area contributed by atoms with Gasteiger partial charge in [-0.05, 0) is 35.7 Å². The van der Waals surface area contributed by atoms with E-state index >= 15 is 0 Å². The third kappa shape index (κ3) is 3.13. The van der Waals surface area contributed by atoms with Gasteiger partial charge < -0.3 is 19.9 Å². The largest absolute Gasteiger partial charge is 0.462 e. The summed E-state index contributed by atoms with van der Waals surface area (Å²) in [4.78, 5) is 0. The van der Waals surface area contributed by atoms with Gasteiger partial charge in [-0.2, -0.15) is 0 Å². The van der Waals surface area contributed by atoms with Crippen molar-refractivity contribution in [3.8, 4) is 17.2 Å². The Morgan fingerprint density at radius 3 is 2.30 bits per heavy atom. The average Bonchev–Trinajstić information content (AvgIpc) is 2.48. The van der Waals surface area contributed by atoms with E-state index in [4.69, 9.17) is 19.9 Å². The summed E-state index contributed by atoms with van der Waals surface area (Å²) in [6.45, 7) is 6.36. The Morgan fingerprint density at radius 2 is 1.65 bits per heavy atom. The van der Waals surface area contributed by atoms with Crippen LogP contribution in [0.5, 0.6) is 17.2 Å². The van der Waals surface area contributed by atoms with E-state index in [1.54, 1.807) is 7.11 Å². The van der Waals surface area contributed by atoms with Crippen LogP contribution in [0.3, 0.4) is 0 Å². The van der Waals surface area contributed by atoms with Gasteiger partial charge >= 0.3 is 0 Å². The Hall–Kier alpha value is -2.20. The number of nitrogen functional groups attached to an aromatic ring is 1. The van der Waals surface area contributed by atoms with Crippen LogP contribution in [0.15, 0.2) is 42.5 Å². The molecular weight excluding hydrogens is 290 g/mol. The van der Waals surface area contributed by atoms with Crippen molar-refractivity contribution < 1.29 is 14.2 Å². The molecule has 0 saturated carbocycles. The van der Waals surface area contributed by atoms with Crippen molar-refractivity contribution in [1.82, 2.24) is 0 Å². The van der Waals surface area contributed by atoms with Gasteiger partial charge in [-0.1, -0.05) is 19.9 Å². The van der Waals surface area contributed by atoms with Crippen LogP contribution in [0.4, 0.5) is 5.69 Å². The van der Waals surface area contributed by atoms with Gasteiger partial charge in [-0.25, -0.2) is 0 Å². The lowest BCUT2D eigenvalue weighted by Crippen LogP contribution is -2.45. The van der Waals surface area contributed by atoms with Crippen molar-refractivity contribution in [2.75, 3.05) is 12.8 Å². The summed E-state index contributed by atoms with van der Waals surface area (Å²) in [7, 11) is 1.68. The first kappa shape index (κ1) is 15.7. The Morgan fingerprint density at radius 1 is 1.00 bits per heavy atom. The van der Waals surface area contributed by atoms with E-state index in [0.29, 0.717) is 5.69 Å². The number of fused-ring (bicyclic) bond motifs is 1. The van der Waals surface area contributed by atoms with Crippen LogP contribution in [-0.2, 0) is 10.2 Å². The molecule has 0 aliphatic carbocycles. The van der Waals surface area contributed by atoms with E-state index < -0.39 is 5.79 Å². The highest BCUT2D eigenvalue weighted by Gasteiger charge is 2.42. The molecule has 122 valence electrons. The normalized spacial score (nSPS) is 22.1. The van der Waals surface area contributed by atoms with Gasteiger partial charge in [-0.15, -0.1) is 0 Å². The standard InChI is InChI=1S/C19H23NO3/c1-18(2)12-19(3,21-4)23-17-11-15(9-10-16(17)18)22-14-7-5-13(20)6-8-14/h5-11H,12,20H2,1-4H3.